The zero-order chi connectivity index (χ0) is 14.8. The number of aliphatic hydroxyl groups excluding tert-OH is 1. The number of aliphatic hydroxyl groups is 1. The highest BCUT2D eigenvalue weighted by atomic mass is 19.4. The zero-order valence-corrected chi connectivity index (χ0v) is 9.34. The first-order valence-corrected chi connectivity index (χ1v) is 4.81. The van der Waals surface area contributed by atoms with Crippen molar-refractivity contribution in [2.45, 2.75) is 25.8 Å². The maximum absolute atomic E-state index is 12.1. The first kappa shape index (κ1) is 15.4. The maximum atomic E-state index is 12.1. The Hall–Kier alpha value is -1.64. The van der Waals surface area contributed by atoms with Crippen molar-refractivity contribution in [2.75, 3.05) is 0 Å². The van der Waals surface area contributed by atoms with Gasteiger partial charge in [-0.2, -0.15) is 0 Å². The topological polar surface area (TPSA) is 38.7 Å². The van der Waals surface area contributed by atoms with E-state index in [1.54, 1.807) is 0 Å². The summed E-state index contributed by atoms with van der Waals surface area (Å²) in [6.45, 7) is 1.23. The fourth-order valence-electron chi connectivity index (χ4n) is 1.20. The minimum Gasteiger partial charge on any atom is -0.402 e. The molecule has 1 N–H and O–H groups in total. The summed E-state index contributed by atoms with van der Waals surface area (Å²) < 4.78 is 79.1. The van der Waals surface area contributed by atoms with Gasteiger partial charge in [0.2, 0.25) is 0 Å². The molecule has 0 aliphatic heterocycles. The zero-order valence-electron chi connectivity index (χ0n) is 9.34. The van der Waals surface area contributed by atoms with E-state index in [0.29, 0.717) is 12.1 Å². The lowest BCUT2D eigenvalue weighted by molar-refractivity contribution is -0.287. The predicted molar refractivity (Wildman–Crippen MR) is 50.4 cm³/mol. The van der Waals surface area contributed by atoms with Crippen LogP contribution < -0.4 is 9.47 Å². The lowest BCUT2D eigenvalue weighted by Gasteiger charge is -2.16. The normalized spacial score (nSPS) is 14.1. The number of hydrogen-bond acceptors (Lipinski definition) is 3. The molecule has 0 aliphatic carbocycles. The van der Waals surface area contributed by atoms with Crippen LogP contribution in [0, 0.1) is 0 Å². The minimum absolute atomic E-state index is 0.0474. The molecule has 0 saturated heterocycles. The van der Waals surface area contributed by atoms with E-state index < -0.39 is 30.3 Å². The van der Waals surface area contributed by atoms with Gasteiger partial charge in [-0.25, -0.2) is 0 Å². The third kappa shape index (κ3) is 5.25. The van der Waals surface area contributed by atoms with Crippen LogP contribution in [0.2, 0.25) is 0 Å². The molecule has 108 valence electrons. The van der Waals surface area contributed by atoms with E-state index in [4.69, 9.17) is 0 Å². The molecule has 0 heterocycles. The second-order valence-corrected chi connectivity index (χ2v) is 3.48. The number of rotatable bonds is 3. The molecular formula is C10H8F6O3. The van der Waals surface area contributed by atoms with Crippen molar-refractivity contribution >= 4 is 0 Å². The first-order valence-electron chi connectivity index (χ1n) is 4.81. The maximum Gasteiger partial charge on any atom is 0.573 e. The molecule has 0 fully saturated rings. The molecule has 9 heteroatoms. The summed E-state index contributed by atoms with van der Waals surface area (Å²) in [5.41, 5.74) is -0.0474. The van der Waals surface area contributed by atoms with Gasteiger partial charge in [0.15, 0.2) is 11.5 Å². The molecule has 1 aromatic carbocycles. The van der Waals surface area contributed by atoms with E-state index in [1.165, 1.54) is 6.92 Å². The summed E-state index contributed by atoms with van der Waals surface area (Å²) in [6.07, 6.45) is -11.5. The molecule has 0 amide bonds. The number of halogens is 6. The molecule has 0 bridgehead atoms. The van der Waals surface area contributed by atoms with Crippen LogP contribution in [0.1, 0.15) is 18.6 Å². The fraction of sp³-hybridized carbons (Fsp3) is 0.400. The second kappa shape index (κ2) is 5.16. The molecule has 0 aliphatic rings. The van der Waals surface area contributed by atoms with Crippen molar-refractivity contribution in [1.82, 2.24) is 0 Å². The molecule has 3 nitrogen and oxygen atoms in total. The van der Waals surface area contributed by atoms with E-state index in [0.717, 1.165) is 6.07 Å². The van der Waals surface area contributed by atoms with Crippen molar-refractivity contribution in [3.8, 4) is 11.5 Å². The molecule has 1 atom stereocenters. The van der Waals surface area contributed by atoms with Crippen molar-refractivity contribution in [3.63, 3.8) is 0 Å². The second-order valence-electron chi connectivity index (χ2n) is 3.48. The average Bonchev–Trinajstić information content (AvgIpc) is 2.15. The van der Waals surface area contributed by atoms with E-state index >= 15 is 0 Å². The van der Waals surface area contributed by atoms with Crippen LogP contribution in [-0.2, 0) is 0 Å². The van der Waals surface area contributed by atoms with Gasteiger partial charge in [0.25, 0.3) is 0 Å². The van der Waals surface area contributed by atoms with Gasteiger partial charge in [-0.1, -0.05) is 6.07 Å². The largest absolute Gasteiger partial charge is 0.573 e. The Labute approximate surface area is 103 Å². The average molecular weight is 290 g/mol. The van der Waals surface area contributed by atoms with Gasteiger partial charge in [-0.05, 0) is 24.6 Å². The van der Waals surface area contributed by atoms with Gasteiger partial charge in [0.05, 0.1) is 6.10 Å². The summed E-state index contributed by atoms with van der Waals surface area (Å²) in [5, 5.41) is 9.17. The Morgan fingerprint density at radius 2 is 1.42 bits per heavy atom. The lowest BCUT2D eigenvalue weighted by atomic mass is 10.1. The highest BCUT2D eigenvalue weighted by Gasteiger charge is 2.36. The molecular weight excluding hydrogens is 282 g/mol. The van der Waals surface area contributed by atoms with Crippen molar-refractivity contribution in [2.24, 2.45) is 0 Å². The molecule has 1 rings (SSSR count). The van der Waals surface area contributed by atoms with Gasteiger partial charge < -0.3 is 14.6 Å². The quantitative estimate of drug-likeness (QED) is 0.865. The third-order valence-corrected chi connectivity index (χ3v) is 1.90. The summed E-state index contributed by atoms with van der Waals surface area (Å²) in [6, 6.07) is 2.25. The number of benzene rings is 1. The molecule has 1 aromatic rings. The van der Waals surface area contributed by atoms with Gasteiger partial charge in [0, 0.05) is 0 Å². The van der Waals surface area contributed by atoms with Gasteiger partial charge >= 0.3 is 12.7 Å². The fourth-order valence-corrected chi connectivity index (χ4v) is 1.20. The van der Waals surface area contributed by atoms with Crippen LogP contribution in [-0.4, -0.2) is 17.8 Å². The Balaban J connectivity index is 3.15. The standard InChI is InChI=1S/C10H8F6O3/c1-5(17)6-2-3-7(18-9(11,12)13)8(4-6)19-10(14,15)16/h2-5,17H,1H3. The van der Waals surface area contributed by atoms with Gasteiger partial charge in [-0.15, -0.1) is 26.3 Å². The van der Waals surface area contributed by atoms with E-state index in [9.17, 15) is 31.4 Å². The Morgan fingerprint density at radius 3 is 1.84 bits per heavy atom. The molecule has 19 heavy (non-hydrogen) atoms. The summed E-state index contributed by atoms with van der Waals surface area (Å²) in [7, 11) is 0. The van der Waals surface area contributed by atoms with Crippen LogP contribution >= 0.6 is 0 Å². The minimum atomic E-state index is -5.18. The molecule has 0 aromatic heterocycles. The monoisotopic (exact) mass is 290 g/mol. The van der Waals surface area contributed by atoms with E-state index in [2.05, 4.69) is 9.47 Å². The number of ether oxygens (including phenoxy) is 2. The Kier molecular flexibility index (Phi) is 4.18. The smallest absolute Gasteiger partial charge is 0.402 e. The van der Waals surface area contributed by atoms with Crippen LogP contribution in [0.25, 0.3) is 0 Å². The Bertz CT molecular complexity index is 438. The van der Waals surface area contributed by atoms with Crippen molar-refractivity contribution in [1.29, 1.82) is 0 Å². The van der Waals surface area contributed by atoms with Gasteiger partial charge in [0.1, 0.15) is 0 Å². The molecule has 0 spiro atoms. The SMILES string of the molecule is CC(O)c1ccc(OC(F)(F)F)c(OC(F)(F)F)c1. The lowest BCUT2D eigenvalue weighted by Crippen LogP contribution is -2.21. The highest BCUT2D eigenvalue weighted by Crippen LogP contribution is 2.37. The highest BCUT2D eigenvalue weighted by molar-refractivity contribution is 5.43. The predicted octanol–water partition coefficient (Wildman–Crippen LogP) is 3.54. The van der Waals surface area contributed by atoms with Gasteiger partial charge in [-0.3, -0.25) is 0 Å². The first-order chi connectivity index (χ1) is 8.48. The number of alkyl halides is 6. The van der Waals surface area contributed by atoms with Crippen LogP contribution in [0.5, 0.6) is 11.5 Å². The van der Waals surface area contributed by atoms with Crippen LogP contribution in [0.3, 0.4) is 0 Å². The van der Waals surface area contributed by atoms with Crippen LogP contribution in [0.15, 0.2) is 18.2 Å². The van der Waals surface area contributed by atoms with Crippen molar-refractivity contribution in [3.05, 3.63) is 23.8 Å². The molecule has 0 saturated carbocycles. The van der Waals surface area contributed by atoms with E-state index in [1.807, 2.05) is 0 Å². The summed E-state index contributed by atoms with van der Waals surface area (Å²) in [4.78, 5) is 0. The summed E-state index contributed by atoms with van der Waals surface area (Å²) >= 11 is 0. The van der Waals surface area contributed by atoms with Crippen LogP contribution in [0.4, 0.5) is 26.3 Å². The van der Waals surface area contributed by atoms with Crippen molar-refractivity contribution < 1.29 is 40.9 Å². The summed E-state index contributed by atoms with van der Waals surface area (Å²) in [5.74, 6) is -2.32. The van der Waals surface area contributed by atoms with E-state index in [-0.39, 0.29) is 5.56 Å². The Morgan fingerprint density at radius 1 is 0.947 bits per heavy atom. The number of hydrogen-bond donors (Lipinski definition) is 1. The third-order valence-electron chi connectivity index (χ3n) is 1.90. The molecule has 0 radical (unpaired) electrons. The molecule has 1 unspecified atom stereocenters.